The first kappa shape index (κ1) is 9.21. The van der Waals surface area contributed by atoms with Crippen molar-refractivity contribution in [3.8, 4) is 0 Å². The molecule has 0 atom stereocenters. The topological polar surface area (TPSA) is 42.1 Å². The van der Waals surface area contributed by atoms with Gasteiger partial charge in [0.2, 0.25) is 0 Å². The van der Waals surface area contributed by atoms with Gasteiger partial charge in [-0.05, 0) is 23.3 Å². The molecule has 1 aliphatic rings. The molecule has 0 amide bonds. The second-order valence-electron chi connectivity index (χ2n) is 4.07. The van der Waals surface area contributed by atoms with Gasteiger partial charge in [0.05, 0.1) is 11.9 Å². The van der Waals surface area contributed by atoms with Crippen LogP contribution in [0.25, 0.3) is 0 Å². The van der Waals surface area contributed by atoms with Crippen molar-refractivity contribution in [3.63, 3.8) is 0 Å². The van der Waals surface area contributed by atoms with Gasteiger partial charge in [-0.15, -0.1) is 0 Å². The van der Waals surface area contributed by atoms with Gasteiger partial charge in [-0.25, -0.2) is 4.98 Å². The summed E-state index contributed by atoms with van der Waals surface area (Å²) in [6.07, 6.45) is 1.83. The molecule has 80 valence electrons. The average molecular weight is 211 g/mol. The average Bonchev–Trinajstić information content (AvgIpc) is 2.73. The van der Waals surface area contributed by atoms with Gasteiger partial charge >= 0.3 is 0 Å². The van der Waals surface area contributed by atoms with Crippen LogP contribution < -0.4 is 10.6 Å². The van der Waals surface area contributed by atoms with E-state index in [1.807, 2.05) is 18.3 Å². The third-order valence-corrected chi connectivity index (χ3v) is 2.98. The van der Waals surface area contributed by atoms with Crippen LogP contribution in [0.5, 0.6) is 0 Å². The molecular formula is C13H13N3. The predicted molar refractivity (Wildman–Crippen MR) is 65.0 cm³/mol. The van der Waals surface area contributed by atoms with Gasteiger partial charge in [-0.1, -0.05) is 24.3 Å². The van der Waals surface area contributed by atoms with E-state index in [9.17, 15) is 0 Å². The lowest BCUT2D eigenvalue weighted by Crippen LogP contribution is -2.14. The number of rotatable bonds is 1. The van der Waals surface area contributed by atoms with Gasteiger partial charge in [-0.2, -0.15) is 0 Å². The number of fused-ring (bicyclic) bond motifs is 1. The second-order valence-corrected chi connectivity index (χ2v) is 4.07. The smallest absolute Gasteiger partial charge is 0.123 e. The molecule has 0 saturated heterocycles. The van der Waals surface area contributed by atoms with E-state index in [0.717, 1.165) is 18.8 Å². The molecule has 0 spiro atoms. The molecule has 1 aliphatic heterocycles. The molecule has 1 aromatic heterocycles. The molecule has 0 radical (unpaired) electrons. The zero-order valence-corrected chi connectivity index (χ0v) is 8.93. The lowest BCUT2D eigenvalue weighted by molar-refractivity contribution is 0.876. The number of benzene rings is 1. The third kappa shape index (κ3) is 1.50. The fourth-order valence-electron chi connectivity index (χ4n) is 2.10. The lowest BCUT2D eigenvalue weighted by Gasteiger charge is -2.16. The summed E-state index contributed by atoms with van der Waals surface area (Å²) in [5.74, 6) is 0.570. The molecule has 2 heterocycles. The van der Waals surface area contributed by atoms with E-state index in [2.05, 4.69) is 34.1 Å². The standard InChI is InChI=1S/C13H13N3/c14-13-6-5-12(7-15-13)16-8-10-3-1-2-4-11(10)9-16/h1-7H,8-9H2,(H2,14,15). The van der Waals surface area contributed by atoms with E-state index in [4.69, 9.17) is 5.73 Å². The van der Waals surface area contributed by atoms with Crippen molar-refractivity contribution in [1.29, 1.82) is 0 Å². The number of pyridine rings is 1. The van der Waals surface area contributed by atoms with Gasteiger partial charge in [0, 0.05) is 13.1 Å². The van der Waals surface area contributed by atoms with Crippen molar-refractivity contribution in [2.24, 2.45) is 0 Å². The Morgan fingerprint density at radius 2 is 1.69 bits per heavy atom. The van der Waals surface area contributed by atoms with Crippen molar-refractivity contribution in [2.45, 2.75) is 13.1 Å². The number of nitrogen functional groups attached to an aromatic ring is 1. The van der Waals surface area contributed by atoms with Gasteiger partial charge in [0.1, 0.15) is 5.82 Å². The van der Waals surface area contributed by atoms with Crippen LogP contribution in [0.15, 0.2) is 42.6 Å². The Labute approximate surface area is 94.5 Å². The Balaban J connectivity index is 1.88. The maximum absolute atomic E-state index is 5.58. The minimum Gasteiger partial charge on any atom is -0.384 e. The molecular weight excluding hydrogens is 198 g/mol. The van der Waals surface area contributed by atoms with Crippen LogP contribution >= 0.6 is 0 Å². The maximum Gasteiger partial charge on any atom is 0.123 e. The van der Waals surface area contributed by atoms with Crippen molar-refractivity contribution in [1.82, 2.24) is 4.98 Å². The normalized spacial score (nSPS) is 13.9. The first-order valence-electron chi connectivity index (χ1n) is 5.36. The summed E-state index contributed by atoms with van der Waals surface area (Å²) in [5, 5.41) is 0. The van der Waals surface area contributed by atoms with Gasteiger partial charge < -0.3 is 10.6 Å². The molecule has 3 heteroatoms. The number of nitrogens with zero attached hydrogens (tertiary/aromatic N) is 2. The molecule has 0 saturated carbocycles. The highest BCUT2D eigenvalue weighted by Crippen LogP contribution is 2.27. The molecule has 2 aromatic rings. The second kappa shape index (κ2) is 3.52. The number of nitrogens with two attached hydrogens (primary N) is 1. The largest absolute Gasteiger partial charge is 0.384 e. The molecule has 0 fully saturated rings. The van der Waals surface area contributed by atoms with Crippen molar-refractivity contribution in [3.05, 3.63) is 53.7 Å². The van der Waals surface area contributed by atoms with Crippen LogP contribution in [-0.2, 0) is 13.1 Å². The zero-order chi connectivity index (χ0) is 11.0. The summed E-state index contributed by atoms with van der Waals surface area (Å²) in [6, 6.07) is 12.4. The highest BCUT2D eigenvalue weighted by atomic mass is 15.1. The SMILES string of the molecule is Nc1ccc(N2Cc3ccccc3C2)cn1. The van der Waals surface area contributed by atoms with E-state index in [1.165, 1.54) is 11.1 Å². The van der Waals surface area contributed by atoms with Gasteiger partial charge in [0.25, 0.3) is 0 Å². The Morgan fingerprint density at radius 3 is 2.25 bits per heavy atom. The van der Waals surface area contributed by atoms with Crippen LogP contribution in [0.4, 0.5) is 11.5 Å². The Bertz CT molecular complexity index is 480. The van der Waals surface area contributed by atoms with Crippen LogP contribution in [0.1, 0.15) is 11.1 Å². The number of hydrogen-bond donors (Lipinski definition) is 1. The van der Waals surface area contributed by atoms with Gasteiger partial charge in [-0.3, -0.25) is 0 Å². The summed E-state index contributed by atoms with van der Waals surface area (Å²) in [7, 11) is 0. The van der Waals surface area contributed by atoms with Crippen LogP contribution in [0.2, 0.25) is 0 Å². The zero-order valence-electron chi connectivity index (χ0n) is 8.93. The molecule has 1 aromatic carbocycles. The monoisotopic (exact) mass is 211 g/mol. The summed E-state index contributed by atoms with van der Waals surface area (Å²) in [6.45, 7) is 1.92. The quantitative estimate of drug-likeness (QED) is 0.786. The minimum atomic E-state index is 0.570. The predicted octanol–water partition coefficient (Wildman–Crippen LogP) is 2.18. The lowest BCUT2D eigenvalue weighted by atomic mass is 10.1. The van der Waals surface area contributed by atoms with Crippen molar-refractivity contribution in [2.75, 3.05) is 10.6 Å². The van der Waals surface area contributed by atoms with Crippen LogP contribution in [-0.4, -0.2) is 4.98 Å². The summed E-state index contributed by atoms with van der Waals surface area (Å²) in [5.41, 5.74) is 9.51. The number of anilines is 2. The molecule has 0 bridgehead atoms. The van der Waals surface area contributed by atoms with E-state index >= 15 is 0 Å². The summed E-state index contributed by atoms with van der Waals surface area (Å²) >= 11 is 0. The van der Waals surface area contributed by atoms with Crippen molar-refractivity contribution >= 4 is 11.5 Å². The fourth-order valence-corrected chi connectivity index (χ4v) is 2.10. The molecule has 0 unspecified atom stereocenters. The molecule has 3 nitrogen and oxygen atoms in total. The first-order valence-corrected chi connectivity index (χ1v) is 5.36. The van der Waals surface area contributed by atoms with Crippen LogP contribution in [0.3, 0.4) is 0 Å². The summed E-state index contributed by atoms with van der Waals surface area (Å²) in [4.78, 5) is 6.43. The molecule has 16 heavy (non-hydrogen) atoms. The maximum atomic E-state index is 5.58. The first-order chi connectivity index (χ1) is 7.83. The van der Waals surface area contributed by atoms with E-state index in [1.54, 1.807) is 0 Å². The third-order valence-electron chi connectivity index (χ3n) is 2.98. The summed E-state index contributed by atoms with van der Waals surface area (Å²) < 4.78 is 0. The number of hydrogen-bond acceptors (Lipinski definition) is 3. The fraction of sp³-hybridized carbons (Fsp3) is 0.154. The van der Waals surface area contributed by atoms with E-state index < -0.39 is 0 Å². The Kier molecular flexibility index (Phi) is 2.03. The highest BCUT2D eigenvalue weighted by Gasteiger charge is 2.18. The van der Waals surface area contributed by atoms with Crippen molar-refractivity contribution < 1.29 is 0 Å². The number of aromatic nitrogens is 1. The Morgan fingerprint density at radius 1 is 1.00 bits per heavy atom. The highest BCUT2D eigenvalue weighted by molar-refractivity contribution is 5.52. The molecule has 3 rings (SSSR count). The van der Waals surface area contributed by atoms with E-state index in [0.29, 0.717) is 5.82 Å². The molecule has 0 aliphatic carbocycles. The van der Waals surface area contributed by atoms with Gasteiger partial charge in [0.15, 0.2) is 0 Å². The molecule has 2 N–H and O–H groups in total. The minimum absolute atomic E-state index is 0.570. The Hall–Kier alpha value is -2.03. The van der Waals surface area contributed by atoms with Crippen LogP contribution in [0, 0.1) is 0 Å². The van der Waals surface area contributed by atoms with E-state index in [-0.39, 0.29) is 0 Å².